The Bertz CT molecular complexity index is 308. The normalized spacial score (nSPS) is 11.9. The molecule has 0 aliphatic heterocycles. The minimum absolute atomic E-state index is 0.436. The van der Waals surface area contributed by atoms with Crippen LogP contribution in [0.15, 0.2) is 15.9 Å². The van der Waals surface area contributed by atoms with Gasteiger partial charge >= 0.3 is 0 Å². The average Bonchev–Trinajstić information content (AvgIpc) is 2.47. The molecule has 64 valence electrons. The van der Waals surface area contributed by atoms with Gasteiger partial charge in [-0.1, -0.05) is 0 Å². The van der Waals surface area contributed by atoms with Gasteiger partial charge in [-0.05, 0) is 35.0 Å². The van der Waals surface area contributed by atoms with Crippen LogP contribution in [0.25, 0.3) is 0 Å². The number of halogens is 1. The second-order valence-electron chi connectivity index (χ2n) is 2.29. The average molecular weight is 245 g/mol. The summed E-state index contributed by atoms with van der Waals surface area (Å²) < 4.78 is 1.04. The van der Waals surface area contributed by atoms with Gasteiger partial charge in [0.2, 0.25) is 0 Å². The minimum Gasteiger partial charge on any atom is -0.387 e. The maximum atomic E-state index is 9.55. The highest BCUT2D eigenvalue weighted by Gasteiger charge is 2.07. The lowest BCUT2D eigenvalue weighted by atomic mass is 10.2. The van der Waals surface area contributed by atoms with Crippen LogP contribution >= 0.6 is 27.3 Å². The van der Waals surface area contributed by atoms with E-state index in [2.05, 4.69) is 27.8 Å². The molecule has 0 aliphatic rings. The van der Waals surface area contributed by atoms with Gasteiger partial charge in [0.05, 0.1) is 9.89 Å². The highest BCUT2D eigenvalue weighted by molar-refractivity contribution is 9.11. The zero-order valence-corrected chi connectivity index (χ0v) is 9.08. The number of hydrogen-bond donors (Lipinski definition) is 1. The molecule has 0 bridgehead atoms. The molecule has 0 fully saturated rings. The Hall–Kier alpha value is -0.300. The fourth-order valence-electron chi connectivity index (χ4n) is 0.807. The molecular formula is C9H9BrOS. The van der Waals surface area contributed by atoms with Crippen molar-refractivity contribution < 1.29 is 5.11 Å². The molecule has 1 rings (SSSR count). The molecule has 1 heterocycles. The Morgan fingerprint density at radius 2 is 2.42 bits per heavy atom. The maximum Gasteiger partial charge on any atom is 0.0991 e. The first kappa shape index (κ1) is 9.79. The van der Waals surface area contributed by atoms with Gasteiger partial charge in [-0.2, -0.15) is 0 Å². The van der Waals surface area contributed by atoms with Gasteiger partial charge < -0.3 is 5.11 Å². The van der Waals surface area contributed by atoms with Crippen molar-refractivity contribution in [2.24, 2.45) is 0 Å². The van der Waals surface area contributed by atoms with Gasteiger partial charge in [-0.15, -0.1) is 23.2 Å². The Balaban J connectivity index is 2.62. The van der Waals surface area contributed by atoms with E-state index in [1.165, 1.54) is 0 Å². The summed E-state index contributed by atoms with van der Waals surface area (Å²) >= 11 is 4.89. The summed E-state index contributed by atoms with van der Waals surface area (Å²) in [5.74, 6) is 5.61. The van der Waals surface area contributed by atoms with Gasteiger partial charge in [0.25, 0.3) is 0 Å². The number of thiophene rings is 1. The Morgan fingerprint density at radius 3 is 2.92 bits per heavy atom. The van der Waals surface area contributed by atoms with E-state index < -0.39 is 6.10 Å². The number of hydrogen-bond acceptors (Lipinski definition) is 2. The second kappa shape index (κ2) is 4.66. The summed E-state index contributed by atoms with van der Waals surface area (Å²) in [6.45, 7) is 1.77. The van der Waals surface area contributed by atoms with Gasteiger partial charge in [0.1, 0.15) is 0 Å². The molecule has 12 heavy (non-hydrogen) atoms. The van der Waals surface area contributed by atoms with Crippen LogP contribution in [0.4, 0.5) is 0 Å². The summed E-state index contributed by atoms with van der Waals surface area (Å²) in [5.41, 5.74) is 0. The molecule has 0 saturated heterocycles. The highest BCUT2D eigenvalue weighted by atomic mass is 79.9. The second-order valence-corrected chi connectivity index (χ2v) is 4.78. The Labute approximate surface area is 84.6 Å². The molecule has 0 aromatic carbocycles. The van der Waals surface area contributed by atoms with Gasteiger partial charge in [0.15, 0.2) is 0 Å². The van der Waals surface area contributed by atoms with Crippen molar-refractivity contribution in [1.82, 2.24) is 0 Å². The monoisotopic (exact) mass is 244 g/mol. The van der Waals surface area contributed by atoms with Crippen molar-refractivity contribution in [2.45, 2.75) is 19.4 Å². The van der Waals surface area contributed by atoms with Crippen LogP contribution in [0.1, 0.15) is 24.3 Å². The van der Waals surface area contributed by atoms with Crippen LogP contribution in [0, 0.1) is 11.8 Å². The van der Waals surface area contributed by atoms with Crippen LogP contribution in [0.3, 0.4) is 0 Å². The van der Waals surface area contributed by atoms with Crippen LogP contribution in [0.5, 0.6) is 0 Å². The molecule has 0 amide bonds. The summed E-state index contributed by atoms with van der Waals surface area (Å²) in [4.78, 5) is 0.963. The van der Waals surface area contributed by atoms with Gasteiger partial charge in [-0.3, -0.25) is 0 Å². The molecule has 0 saturated carbocycles. The Morgan fingerprint density at radius 1 is 1.67 bits per heavy atom. The van der Waals surface area contributed by atoms with Crippen molar-refractivity contribution >= 4 is 27.3 Å². The largest absolute Gasteiger partial charge is 0.387 e. The van der Waals surface area contributed by atoms with Crippen molar-refractivity contribution in [2.75, 3.05) is 0 Å². The SMILES string of the molecule is CC#CCC(O)c1ccc(Br)s1. The molecule has 1 aromatic heterocycles. The Kier molecular flexibility index (Phi) is 3.80. The lowest BCUT2D eigenvalue weighted by Gasteiger charge is -2.01. The van der Waals surface area contributed by atoms with Gasteiger partial charge in [-0.25, -0.2) is 0 Å². The fraction of sp³-hybridized carbons (Fsp3) is 0.333. The minimum atomic E-state index is -0.436. The van der Waals surface area contributed by atoms with Crippen molar-refractivity contribution in [1.29, 1.82) is 0 Å². The third-order valence-corrected chi connectivity index (χ3v) is 3.12. The fourth-order valence-corrected chi connectivity index (χ4v) is 2.22. The summed E-state index contributed by atoms with van der Waals surface area (Å²) in [6, 6.07) is 3.85. The van der Waals surface area contributed by atoms with E-state index in [0.29, 0.717) is 6.42 Å². The van der Waals surface area contributed by atoms with E-state index in [1.807, 2.05) is 12.1 Å². The molecule has 1 aromatic rings. The quantitative estimate of drug-likeness (QED) is 0.794. The smallest absolute Gasteiger partial charge is 0.0991 e. The number of aliphatic hydroxyl groups is 1. The van der Waals surface area contributed by atoms with E-state index in [9.17, 15) is 5.11 Å². The van der Waals surface area contributed by atoms with Crippen molar-refractivity contribution in [3.63, 3.8) is 0 Å². The third-order valence-electron chi connectivity index (χ3n) is 1.39. The first-order chi connectivity index (χ1) is 5.74. The predicted molar refractivity (Wildman–Crippen MR) is 55.0 cm³/mol. The van der Waals surface area contributed by atoms with Crippen LogP contribution in [0.2, 0.25) is 0 Å². The predicted octanol–water partition coefficient (Wildman–Crippen LogP) is 2.96. The first-order valence-corrected chi connectivity index (χ1v) is 5.18. The maximum absolute atomic E-state index is 9.55. The number of rotatable bonds is 2. The van der Waals surface area contributed by atoms with E-state index in [4.69, 9.17) is 0 Å². The zero-order chi connectivity index (χ0) is 8.97. The molecule has 1 atom stereocenters. The zero-order valence-electron chi connectivity index (χ0n) is 6.67. The summed E-state index contributed by atoms with van der Waals surface area (Å²) in [6.07, 6.45) is 0.0810. The molecule has 0 spiro atoms. The first-order valence-electron chi connectivity index (χ1n) is 3.57. The van der Waals surface area contributed by atoms with Crippen LogP contribution in [-0.2, 0) is 0 Å². The molecule has 1 nitrogen and oxygen atoms in total. The molecule has 1 N–H and O–H groups in total. The highest BCUT2D eigenvalue weighted by Crippen LogP contribution is 2.28. The van der Waals surface area contributed by atoms with E-state index in [-0.39, 0.29) is 0 Å². The van der Waals surface area contributed by atoms with E-state index in [0.717, 1.165) is 8.66 Å². The van der Waals surface area contributed by atoms with Crippen LogP contribution < -0.4 is 0 Å². The molecule has 1 unspecified atom stereocenters. The summed E-state index contributed by atoms with van der Waals surface area (Å²) in [7, 11) is 0. The van der Waals surface area contributed by atoms with E-state index >= 15 is 0 Å². The number of aliphatic hydroxyl groups excluding tert-OH is 1. The standard InChI is InChI=1S/C9H9BrOS/c1-2-3-4-7(11)8-5-6-9(10)12-8/h5-7,11H,4H2,1H3. The van der Waals surface area contributed by atoms with Crippen molar-refractivity contribution in [3.8, 4) is 11.8 Å². The molecule has 0 radical (unpaired) electrons. The molecular weight excluding hydrogens is 236 g/mol. The van der Waals surface area contributed by atoms with E-state index in [1.54, 1.807) is 18.3 Å². The lowest BCUT2D eigenvalue weighted by Crippen LogP contribution is -1.91. The lowest BCUT2D eigenvalue weighted by molar-refractivity contribution is 0.188. The topological polar surface area (TPSA) is 20.2 Å². The third kappa shape index (κ3) is 2.63. The molecule has 3 heteroatoms. The van der Waals surface area contributed by atoms with Gasteiger partial charge in [0, 0.05) is 11.3 Å². The van der Waals surface area contributed by atoms with Crippen LogP contribution in [-0.4, -0.2) is 5.11 Å². The summed E-state index contributed by atoms with van der Waals surface area (Å²) in [5, 5.41) is 9.55. The molecule has 0 aliphatic carbocycles. The van der Waals surface area contributed by atoms with Crippen molar-refractivity contribution in [3.05, 3.63) is 20.8 Å².